The minimum Gasteiger partial charge on any atom is -0.379 e. The standard InChI is InChI=1S/C22H27N3OS/c1-4-5-6-17-11-13-25(15-16(17)2)20(26)18-7-9-19(10-8-18)22(3)12-14-27-21(23)24-22/h4-10H,2,11-15H2,1,3H3,(H2,23,24)/b5-4-,17-6-. The van der Waals surface area contributed by atoms with Crippen molar-refractivity contribution in [3.05, 3.63) is 71.3 Å². The molecule has 0 aromatic heterocycles. The molecule has 0 aliphatic carbocycles. The number of hydrogen-bond acceptors (Lipinski definition) is 4. The molecule has 4 nitrogen and oxygen atoms in total. The number of piperidine rings is 1. The molecule has 0 spiro atoms. The Balaban J connectivity index is 1.72. The van der Waals surface area contributed by atoms with Crippen LogP contribution in [-0.4, -0.2) is 34.8 Å². The maximum Gasteiger partial charge on any atom is 0.254 e. The van der Waals surface area contributed by atoms with E-state index in [0.29, 0.717) is 17.3 Å². The highest BCUT2D eigenvalue weighted by Gasteiger charge is 2.30. The monoisotopic (exact) mass is 381 g/mol. The molecule has 1 atom stereocenters. The average molecular weight is 382 g/mol. The summed E-state index contributed by atoms with van der Waals surface area (Å²) in [6.07, 6.45) is 7.91. The molecule has 2 heterocycles. The van der Waals surface area contributed by atoms with E-state index in [1.165, 1.54) is 5.57 Å². The molecule has 2 aliphatic rings. The summed E-state index contributed by atoms with van der Waals surface area (Å²) in [7, 11) is 0. The Morgan fingerprint density at radius 2 is 2.11 bits per heavy atom. The van der Waals surface area contributed by atoms with Gasteiger partial charge in [0.25, 0.3) is 5.91 Å². The van der Waals surface area contributed by atoms with Crippen LogP contribution in [0.15, 0.2) is 65.2 Å². The molecule has 27 heavy (non-hydrogen) atoms. The summed E-state index contributed by atoms with van der Waals surface area (Å²) in [5.41, 5.74) is 9.66. The smallest absolute Gasteiger partial charge is 0.254 e. The van der Waals surface area contributed by atoms with Crippen LogP contribution in [0.25, 0.3) is 0 Å². The number of amidine groups is 1. The summed E-state index contributed by atoms with van der Waals surface area (Å²) in [6, 6.07) is 7.83. The molecule has 2 N–H and O–H groups in total. The van der Waals surface area contributed by atoms with E-state index in [1.54, 1.807) is 11.8 Å². The van der Waals surface area contributed by atoms with Gasteiger partial charge in [0.1, 0.15) is 0 Å². The number of nitrogens with two attached hydrogens (primary N) is 1. The number of likely N-dealkylation sites (tertiary alicyclic amines) is 1. The molecule has 1 fully saturated rings. The Morgan fingerprint density at radius 1 is 1.37 bits per heavy atom. The Morgan fingerprint density at radius 3 is 2.74 bits per heavy atom. The molecule has 1 aromatic carbocycles. The van der Waals surface area contributed by atoms with Crippen LogP contribution in [0.5, 0.6) is 0 Å². The number of allylic oxidation sites excluding steroid dienone is 3. The minimum absolute atomic E-state index is 0.0557. The van der Waals surface area contributed by atoms with Crippen LogP contribution >= 0.6 is 11.8 Å². The van der Waals surface area contributed by atoms with Gasteiger partial charge >= 0.3 is 0 Å². The van der Waals surface area contributed by atoms with Crippen LogP contribution in [-0.2, 0) is 5.54 Å². The van der Waals surface area contributed by atoms with Crippen molar-refractivity contribution < 1.29 is 4.79 Å². The lowest BCUT2D eigenvalue weighted by atomic mass is 9.89. The van der Waals surface area contributed by atoms with E-state index in [1.807, 2.05) is 48.2 Å². The van der Waals surface area contributed by atoms with Gasteiger partial charge < -0.3 is 10.6 Å². The number of rotatable bonds is 3. The van der Waals surface area contributed by atoms with Gasteiger partial charge in [0.2, 0.25) is 0 Å². The topological polar surface area (TPSA) is 58.7 Å². The molecular weight excluding hydrogens is 354 g/mol. The summed E-state index contributed by atoms with van der Waals surface area (Å²) in [6.45, 7) is 9.54. The van der Waals surface area contributed by atoms with Gasteiger partial charge in [-0.2, -0.15) is 0 Å². The van der Waals surface area contributed by atoms with Gasteiger partial charge in [-0.15, -0.1) is 0 Å². The predicted octanol–water partition coefficient (Wildman–Crippen LogP) is 4.26. The molecule has 0 radical (unpaired) electrons. The SMILES string of the molecule is C=C1CN(C(=O)c2ccc(C3(C)CCSC(N)=N3)cc2)CC/C1=C/C=C\C. The van der Waals surface area contributed by atoms with E-state index in [4.69, 9.17) is 5.73 Å². The Kier molecular flexibility index (Phi) is 5.90. The zero-order valence-electron chi connectivity index (χ0n) is 16.1. The third-order valence-corrected chi connectivity index (χ3v) is 6.01. The van der Waals surface area contributed by atoms with Gasteiger partial charge in [-0.1, -0.05) is 48.7 Å². The first-order valence-corrected chi connectivity index (χ1v) is 10.3. The molecule has 5 heteroatoms. The number of aliphatic imine (C=N–C) groups is 1. The number of carbonyl (C=O) groups excluding carboxylic acids is 1. The van der Waals surface area contributed by atoms with E-state index >= 15 is 0 Å². The Bertz CT molecular complexity index is 822. The van der Waals surface area contributed by atoms with E-state index in [2.05, 4.69) is 24.6 Å². The summed E-state index contributed by atoms with van der Waals surface area (Å²) in [5.74, 6) is 1.02. The first kappa shape index (κ1) is 19.5. The summed E-state index contributed by atoms with van der Waals surface area (Å²) in [4.78, 5) is 19.4. The van der Waals surface area contributed by atoms with Gasteiger partial charge in [-0.25, -0.2) is 0 Å². The Hall–Kier alpha value is -2.27. The highest BCUT2D eigenvalue weighted by molar-refractivity contribution is 8.13. The zero-order chi connectivity index (χ0) is 19.4. The number of thioether (sulfide) groups is 1. The molecule has 1 unspecified atom stereocenters. The fourth-order valence-electron chi connectivity index (χ4n) is 3.48. The second-order valence-corrected chi connectivity index (χ2v) is 8.31. The average Bonchev–Trinajstić information content (AvgIpc) is 2.66. The van der Waals surface area contributed by atoms with Crippen molar-refractivity contribution in [3.8, 4) is 0 Å². The third-order valence-electron chi connectivity index (χ3n) is 5.21. The molecule has 1 aromatic rings. The number of benzene rings is 1. The van der Waals surface area contributed by atoms with Crippen LogP contribution in [0.1, 0.15) is 42.6 Å². The van der Waals surface area contributed by atoms with Gasteiger partial charge in [-0.05, 0) is 55.5 Å². The van der Waals surface area contributed by atoms with E-state index in [-0.39, 0.29) is 11.4 Å². The normalized spacial score (nSPS) is 25.1. The second kappa shape index (κ2) is 8.17. The van der Waals surface area contributed by atoms with Gasteiger partial charge in [0.15, 0.2) is 5.17 Å². The largest absolute Gasteiger partial charge is 0.379 e. The predicted molar refractivity (Wildman–Crippen MR) is 115 cm³/mol. The maximum atomic E-state index is 12.9. The van der Waals surface area contributed by atoms with Crippen LogP contribution in [0, 0.1) is 0 Å². The molecule has 1 amide bonds. The molecule has 1 saturated heterocycles. The first-order valence-electron chi connectivity index (χ1n) is 9.31. The highest BCUT2D eigenvalue weighted by atomic mass is 32.2. The molecule has 0 saturated carbocycles. The van der Waals surface area contributed by atoms with Crippen molar-refractivity contribution >= 4 is 22.8 Å². The van der Waals surface area contributed by atoms with Crippen LogP contribution < -0.4 is 5.73 Å². The number of nitrogens with zero attached hydrogens (tertiary/aromatic N) is 2. The molecule has 0 bridgehead atoms. The fourth-order valence-corrected chi connectivity index (χ4v) is 4.45. The van der Waals surface area contributed by atoms with Crippen LogP contribution in [0.2, 0.25) is 0 Å². The number of carbonyl (C=O) groups is 1. The second-order valence-electron chi connectivity index (χ2n) is 7.20. The summed E-state index contributed by atoms with van der Waals surface area (Å²) in [5, 5.41) is 0.637. The van der Waals surface area contributed by atoms with Crippen molar-refractivity contribution in [1.29, 1.82) is 0 Å². The first-order chi connectivity index (χ1) is 12.9. The fraction of sp³-hybridized carbons (Fsp3) is 0.364. The minimum atomic E-state index is -0.303. The van der Waals surface area contributed by atoms with Crippen LogP contribution in [0.3, 0.4) is 0 Å². The molecule has 142 valence electrons. The molecular formula is C22H27N3OS. The molecule has 3 rings (SSSR count). The number of hydrogen-bond donors (Lipinski definition) is 1. The lowest BCUT2D eigenvalue weighted by Crippen LogP contribution is -2.37. The lowest BCUT2D eigenvalue weighted by Gasteiger charge is -2.31. The lowest BCUT2D eigenvalue weighted by molar-refractivity contribution is 0.0763. The van der Waals surface area contributed by atoms with Crippen molar-refractivity contribution in [1.82, 2.24) is 4.90 Å². The van der Waals surface area contributed by atoms with E-state index < -0.39 is 0 Å². The van der Waals surface area contributed by atoms with Crippen molar-refractivity contribution in [2.24, 2.45) is 10.7 Å². The van der Waals surface area contributed by atoms with Gasteiger partial charge in [-0.3, -0.25) is 9.79 Å². The van der Waals surface area contributed by atoms with Crippen molar-refractivity contribution in [3.63, 3.8) is 0 Å². The summed E-state index contributed by atoms with van der Waals surface area (Å²) < 4.78 is 0. The Labute approximate surface area is 165 Å². The highest BCUT2D eigenvalue weighted by Crippen LogP contribution is 2.35. The van der Waals surface area contributed by atoms with Crippen LogP contribution in [0.4, 0.5) is 0 Å². The maximum absolute atomic E-state index is 12.9. The van der Waals surface area contributed by atoms with E-state index in [9.17, 15) is 4.79 Å². The van der Waals surface area contributed by atoms with Gasteiger partial charge in [0.05, 0.1) is 5.54 Å². The van der Waals surface area contributed by atoms with E-state index in [0.717, 1.165) is 36.3 Å². The molecule has 2 aliphatic heterocycles. The number of amides is 1. The third kappa shape index (κ3) is 4.35. The zero-order valence-corrected chi connectivity index (χ0v) is 16.9. The summed E-state index contributed by atoms with van der Waals surface area (Å²) >= 11 is 1.60. The van der Waals surface area contributed by atoms with Gasteiger partial charge in [0, 0.05) is 24.4 Å². The quantitative estimate of drug-likeness (QED) is 0.851. The van der Waals surface area contributed by atoms with Crippen molar-refractivity contribution in [2.45, 2.75) is 32.2 Å². The van der Waals surface area contributed by atoms with Crippen molar-refractivity contribution in [2.75, 3.05) is 18.8 Å².